The van der Waals surface area contributed by atoms with E-state index in [4.69, 9.17) is 4.42 Å². The lowest BCUT2D eigenvalue weighted by Gasteiger charge is -2.25. The predicted octanol–water partition coefficient (Wildman–Crippen LogP) is 11.0. The van der Waals surface area contributed by atoms with Crippen LogP contribution < -0.4 is 14.3 Å². The van der Waals surface area contributed by atoms with E-state index in [1.807, 2.05) is 19.9 Å². The first-order valence-electron chi connectivity index (χ1n) is 19.5. The molecule has 0 saturated carbocycles. The lowest BCUT2D eigenvalue weighted by molar-refractivity contribution is -0.944. The molecule has 8 aromatic rings. The molecule has 3 aromatic heterocycles. The average molecular weight is 717 g/mol. The van der Waals surface area contributed by atoms with Gasteiger partial charge >= 0.3 is 11.5 Å². The lowest BCUT2D eigenvalue weighted by Crippen LogP contribution is -2.72. The van der Waals surface area contributed by atoms with Gasteiger partial charge in [-0.2, -0.15) is 0 Å². The number of rotatable bonds is 4. The molecule has 2 aliphatic heterocycles. The van der Waals surface area contributed by atoms with Crippen LogP contribution in [0.1, 0.15) is 83.0 Å². The minimum atomic E-state index is -2.03. The largest absolute Gasteiger partial charge is 0.455 e. The maximum absolute atomic E-state index is 16.0. The summed E-state index contributed by atoms with van der Waals surface area (Å²) in [5, 5.41) is 5.70. The van der Waals surface area contributed by atoms with Crippen LogP contribution >= 0.6 is 0 Å². The van der Waals surface area contributed by atoms with E-state index in [2.05, 4.69) is 140 Å². The molecule has 0 aliphatic carbocycles. The summed E-state index contributed by atoms with van der Waals surface area (Å²) in [5.74, 6) is 0.321. The Bertz CT molecular complexity index is 2940. The van der Waals surface area contributed by atoms with Crippen LogP contribution in [0.2, 0.25) is 19.6 Å². The van der Waals surface area contributed by atoms with Crippen molar-refractivity contribution in [3.05, 3.63) is 125 Å². The van der Waals surface area contributed by atoms with E-state index in [1.165, 1.54) is 10.8 Å². The van der Waals surface area contributed by atoms with Crippen molar-refractivity contribution in [2.75, 3.05) is 0 Å². The maximum Gasteiger partial charge on any atom is 0.365 e. The summed E-state index contributed by atoms with van der Waals surface area (Å²) in [6.07, 6.45) is 2.35. The number of benzene rings is 5. The van der Waals surface area contributed by atoms with Crippen molar-refractivity contribution in [2.45, 2.75) is 84.7 Å². The van der Waals surface area contributed by atoms with Crippen LogP contribution in [0.15, 0.2) is 102 Å². The van der Waals surface area contributed by atoms with Crippen LogP contribution in [0.3, 0.4) is 0 Å². The number of halogens is 1. The molecule has 6 heteroatoms. The van der Waals surface area contributed by atoms with Crippen LogP contribution in [-0.4, -0.2) is 12.6 Å². The topological polar surface area (TPSA) is 25.8 Å². The van der Waals surface area contributed by atoms with Gasteiger partial charge in [0.05, 0.1) is 30.8 Å². The van der Waals surface area contributed by atoms with Crippen molar-refractivity contribution < 1.29 is 19.3 Å². The van der Waals surface area contributed by atoms with Crippen LogP contribution in [0.25, 0.3) is 66.4 Å². The van der Waals surface area contributed by atoms with E-state index < -0.39 is 19.6 Å². The maximum atomic E-state index is 16.0. The Labute approximate surface area is 312 Å². The highest BCUT2D eigenvalue weighted by molar-refractivity contribution is 6.89. The second-order valence-electron chi connectivity index (χ2n) is 17.1. The number of aromatic nitrogens is 3. The molecule has 4 nitrogen and oxygen atoms in total. The number of imidazole rings is 1. The molecule has 2 aliphatic rings. The van der Waals surface area contributed by atoms with Gasteiger partial charge in [-0.05, 0) is 96.8 Å². The Kier molecular flexibility index (Phi) is 6.38. The molecule has 0 amide bonds. The third-order valence-corrected chi connectivity index (χ3v) is 14.0. The average Bonchev–Trinajstić information content (AvgIpc) is 3.82. The smallest absolute Gasteiger partial charge is 0.365 e. The van der Waals surface area contributed by atoms with Gasteiger partial charge in [-0.3, -0.25) is 0 Å². The van der Waals surface area contributed by atoms with Gasteiger partial charge in [-0.1, -0.05) is 77.7 Å². The summed E-state index contributed by atoms with van der Waals surface area (Å²) >= 11 is 0. The molecule has 264 valence electrons. The molecule has 5 heterocycles. The molecule has 1 unspecified atom stereocenters. The molecule has 5 aromatic carbocycles. The highest BCUT2D eigenvalue weighted by atomic mass is 28.3. The van der Waals surface area contributed by atoms with Crippen molar-refractivity contribution in [3.8, 4) is 22.6 Å². The fourth-order valence-electron chi connectivity index (χ4n) is 9.62. The van der Waals surface area contributed by atoms with Gasteiger partial charge in [0, 0.05) is 28.8 Å². The SMILES string of the molecule is [2H]C(C)(C)c1cc2[n+](cc1[Si](C)(C)C)C1(c3cc(F)ccc3-2)c2ccc3c(oc4cc(C(C)C)ccc43)c2-c2n(C(C)C)c3ccc4ccccc4c3[n+]21. The van der Waals surface area contributed by atoms with Crippen molar-refractivity contribution in [3.63, 3.8) is 0 Å². The Hall–Kier alpha value is -5.07. The molecule has 0 bridgehead atoms. The van der Waals surface area contributed by atoms with Crippen LogP contribution in [0, 0.1) is 5.82 Å². The molecular weight excluding hydrogens is 670 g/mol. The molecule has 0 fully saturated rings. The van der Waals surface area contributed by atoms with E-state index in [0.29, 0.717) is 5.92 Å². The zero-order valence-corrected chi connectivity index (χ0v) is 33.0. The first kappa shape index (κ1) is 31.5. The molecule has 0 saturated heterocycles. The Morgan fingerprint density at radius 2 is 1.58 bits per heavy atom. The van der Waals surface area contributed by atoms with E-state index in [-0.39, 0.29) is 11.9 Å². The molecule has 53 heavy (non-hydrogen) atoms. The van der Waals surface area contributed by atoms with Gasteiger partial charge in [0.15, 0.2) is 22.8 Å². The number of nitrogens with zero attached hydrogens (tertiary/aromatic N) is 3. The quantitative estimate of drug-likeness (QED) is 0.132. The number of hydrogen-bond acceptors (Lipinski definition) is 1. The number of hydrogen-bond donors (Lipinski definition) is 0. The van der Waals surface area contributed by atoms with Crippen molar-refractivity contribution in [2.24, 2.45) is 0 Å². The van der Waals surface area contributed by atoms with E-state index in [1.54, 1.807) is 12.1 Å². The molecule has 0 radical (unpaired) electrons. The van der Waals surface area contributed by atoms with Crippen molar-refractivity contribution in [1.29, 1.82) is 0 Å². The van der Waals surface area contributed by atoms with Gasteiger partial charge in [-0.25, -0.2) is 8.96 Å². The summed E-state index contributed by atoms with van der Waals surface area (Å²) in [7, 11) is -2.03. The van der Waals surface area contributed by atoms with Gasteiger partial charge < -0.3 is 4.42 Å². The Balaban J connectivity index is 1.49. The molecule has 1 atom stereocenters. The highest BCUT2D eigenvalue weighted by Gasteiger charge is 2.67. The minimum Gasteiger partial charge on any atom is -0.455 e. The second kappa shape index (κ2) is 10.8. The third-order valence-electron chi connectivity index (χ3n) is 12.0. The second-order valence-corrected chi connectivity index (χ2v) is 22.2. The number of pyridine rings is 1. The van der Waals surface area contributed by atoms with Crippen molar-refractivity contribution in [1.82, 2.24) is 4.57 Å². The minimum absolute atomic E-state index is 0.0991. The standard InChI is InChI=1S/C47H46FN3OSi/c1-26(2)30-14-17-33-34-19-20-37-43(45(34)52-41(33)22-30)46-50(28(5)6)39-21-15-29-12-10-11-13-32(29)44(39)51(46)47(37)38-23-31(48)16-18-35(38)40-24-36(27(3)4)42(25-49(40)47)53(7,8)9/h10-28H,1-9H3/q+2/i27D. The van der Waals surface area contributed by atoms with Crippen molar-refractivity contribution >= 4 is 57.0 Å². The van der Waals surface area contributed by atoms with Crippen LogP contribution in [0.5, 0.6) is 0 Å². The summed E-state index contributed by atoms with van der Waals surface area (Å²) in [6.45, 7) is 20.0. The van der Waals surface area contributed by atoms with Gasteiger partial charge in [0.2, 0.25) is 5.69 Å². The first-order valence-corrected chi connectivity index (χ1v) is 22.5. The lowest BCUT2D eigenvalue weighted by atomic mass is 9.88. The zero-order chi connectivity index (χ0) is 37.8. The normalized spacial score (nSPS) is 16.8. The first-order chi connectivity index (χ1) is 25.6. The summed E-state index contributed by atoms with van der Waals surface area (Å²) in [6, 6.07) is 31.9. The molecular formula is C47H46FN3OSi+2. The van der Waals surface area contributed by atoms with Gasteiger partial charge in [-0.15, -0.1) is 9.13 Å². The molecule has 10 rings (SSSR count). The van der Waals surface area contributed by atoms with E-state index >= 15 is 4.39 Å². The van der Waals surface area contributed by atoms with Gasteiger partial charge in [0.25, 0.3) is 0 Å². The molecule has 0 N–H and O–H groups in total. The van der Waals surface area contributed by atoms with E-state index in [0.717, 1.165) is 83.1 Å². The number of furan rings is 1. The fraction of sp³-hybridized carbons (Fsp3) is 0.277. The highest BCUT2D eigenvalue weighted by Crippen LogP contribution is 2.53. The monoisotopic (exact) mass is 716 g/mol. The third kappa shape index (κ3) is 4.10. The van der Waals surface area contributed by atoms with Gasteiger partial charge in [0.1, 0.15) is 17.0 Å². The Morgan fingerprint density at radius 1 is 0.811 bits per heavy atom. The van der Waals surface area contributed by atoms with Crippen LogP contribution in [0.4, 0.5) is 4.39 Å². The predicted molar refractivity (Wildman–Crippen MR) is 218 cm³/mol. The molecule has 1 spiro atoms. The summed E-state index contributed by atoms with van der Waals surface area (Å²) in [5.41, 5.74) is 10.2. The fourth-order valence-corrected chi connectivity index (χ4v) is 11.3. The van der Waals surface area contributed by atoms with E-state index in [9.17, 15) is 1.37 Å². The van der Waals surface area contributed by atoms with Crippen LogP contribution in [-0.2, 0) is 5.66 Å². The number of fused-ring (bicyclic) bond motifs is 18. The zero-order valence-electron chi connectivity index (χ0n) is 33.0. The Morgan fingerprint density at radius 3 is 2.32 bits per heavy atom. The summed E-state index contributed by atoms with van der Waals surface area (Å²) in [4.78, 5) is 0. The summed E-state index contributed by atoms with van der Waals surface area (Å²) < 4.78 is 39.9.